The lowest BCUT2D eigenvalue weighted by Crippen LogP contribution is -2.24. The quantitative estimate of drug-likeness (QED) is 0.801. The van der Waals surface area contributed by atoms with E-state index in [-0.39, 0.29) is 10.8 Å². The highest BCUT2D eigenvalue weighted by Crippen LogP contribution is 2.17. The summed E-state index contributed by atoms with van der Waals surface area (Å²) in [4.78, 5) is 12.3. The molecule has 0 aliphatic heterocycles. The van der Waals surface area contributed by atoms with Crippen LogP contribution in [-0.2, 0) is 16.6 Å². The third-order valence-electron chi connectivity index (χ3n) is 3.39. The standard InChI is InChI=1S/C17H20N2O4S/c1-3-19-24(21,22)15-10-8-13(9-11-15)17(20)18-12-14-6-4-5-7-16(14)23-2/h4-11,19H,3,12H2,1-2H3,(H,18,20). The minimum absolute atomic E-state index is 0.130. The largest absolute Gasteiger partial charge is 0.496 e. The molecule has 2 aromatic carbocycles. The molecule has 0 bridgehead atoms. The molecule has 0 fully saturated rings. The fourth-order valence-corrected chi connectivity index (χ4v) is 3.23. The molecule has 0 saturated carbocycles. The Kier molecular flexibility index (Phi) is 5.94. The van der Waals surface area contributed by atoms with Crippen molar-refractivity contribution in [2.45, 2.75) is 18.4 Å². The molecule has 0 heterocycles. The van der Waals surface area contributed by atoms with Crippen LogP contribution in [0, 0.1) is 0 Å². The Morgan fingerprint density at radius 1 is 1.08 bits per heavy atom. The summed E-state index contributed by atoms with van der Waals surface area (Å²) >= 11 is 0. The number of hydrogen-bond acceptors (Lipinski definition) is 4. The number of nitrogens with one attached hydrogen (secondary N) is 2. The number of hydrogen-bond donors (Lipinski definition) is 2. The molecular weight excluding hydrogens is 328 g/mol. The highest BCUT2D eigenvalue weighted by atomic mass is 32.2. The molecule has 7 heteroatoms. The van der Waals surface area contributed by atoms with Crippen LogP contribution in [-0.4, -0.2) is 28.0 Å². The smallest absolute Gasteiger partial charge is 0.251 e. The Hall–Kier alpha value is -2.38. The number of benzene rings is 2. The number of carbonyl (C=O) groups is 1. The molecule has 2 rings (SSSR count). The van der Waals surface area contributed by atoms with Crippen molar-refractivity contribution in [1.82, 2.24) is 10.0 Å². The molecule has 6 nitrogen and oxygen atoms in total. The van der Waals surface area contributed by atoms with Gasteiger partial charge in [-0.3, -0.25) is 4.79 Å². The normalized spacial score (nSPS) is 11.1. The number of amides is 1. The lowest BCUT2D eigenvalue weighted by atomic mass is 10.2. The zero-order valence-electron chi connectivity index (χ0n) is 13.6. The summed E-state index contributed by atoms with van der Waals surface area (Å²) in [6.07, 6.45) is 0. The van der Waals surface area contributed by atoms with Crippen molar-refractivity contribution in [3.63, 3.8) is 0 Å². The number of methoxy groups -OCH3 is 1. The van der Waals surface area contributed by atoms with Crippen LogP contribution in [0.15, 0.2) is 53.4 Å². The van der Waals surface area contributed by atoms with E-state index in [0.29, 0.717) is 24.4 Å². The molecule has 0 aliphatic rings. The molecule has 2 N–H and O–H groups in total. The molecule has 2 aromatic rings. The van der Waals surface area contributed by atoms with E-state index in [4.69, 9.17) is 4.74 Å². The molecule has 0 aliphatic carbocycles. The third-order valence-corrected chi connectivity index (χ3v) is 4.95. The van der Waals surface area contributed by atoms with Gasteiger partial charge in [0.15, 0.2) is 0 Å². The van der Waals surface area contributed by atoms with Gasteiger partial charge < -0.3 is 10.1 Å². The summed E-state index contributed by atoms with van der Waals surface area (Å²) < 4.78 is 31.4. The summed E-state index contributed by atoms with van der Waals surface area (Å²) in [7, 11) is -1.94. The fourth-order valence-electron chi connectivity index (χ4n) is 2.19. The summed E-state index contributed by atoms with van der Waals surface area (Å²) in [6.45, 7) is 2.33. The van der Waals surface area contributed by atoms with Gasteiger partial charge in [-0.15, -0.1) is 0 Å². The first-order valence-electron chi connectivity index (χ1n) is 7.47. The average molecular weight is 348 g/mol. The number of carbonyl (C=O) groups excluding carboxylic acids is 1. The third kappa shape index (κ3) is 4.33. The topological polar surface area (TPSA) is 84.5 Å². The number of para-hydroxylation sites is 1. The van der Waals surface area contributed by atoms with E-state index in [1.54, 1.807) is 14.0 Å². The van der Waals surface area contributed by atoms with Gasteiger partial charge in [0.2, 0.25) is 10.0 Å². The van der Waals surface area contributed by atoms with E-state index in [1.165, 1.54) is 24.3 Å². The predicted octanol–water partition coefficient (Wildman–Crippen LogP) is 1.92. The molecule has 0 radical (unpaired) electrons. The Morgan fingerprint density at radius 3 is 2.38 bits per heavy atom. The van der Waals surface area contributed by atoms with Gasteiger partial charge in [-0.25, -0.2) is 13.1 Å². The molecule has 0 saturated heterocycles. The predicted molar refractivity (Wildman–Crippen MR) is 91.5 cm³/mol. The average Bonchev–Trinajstić information content (AvgIpc) is 2.60. The van der Waals surface area contributed by atoms with Crippen molar-refractivity contribution in [2.75, 3.05) is 13.7 Å². The van der Waals surface area contributed by atoms with Crippen LogP contribution >= 0.6 is 0 Å². The maximum absolute atomic E-state index is 12.2. The second-order valence-corrected chi connectivity index (χ2v) is 6.79. The van der Waals surface area contributed by atoms with Crippen LogP contribution in [0.5, 0.6) is 5.75 Å². The van der Waals surface area contributed by atoms with Crippen LogP contribution in [0.1, 0.15) is 22.8 Å². The van der Waals surface area contributed by atoms with E-state index < -0.39 is 10.0 Å². The van der Waals surface area contributed by atoms with Gasteiger partial charge in [-0.05, 0) is 30.3 Å². The maximum Gasteiger partial charge on any atom is 0.251 e. The minimum Gasteiger partial charge on any atom is -0.496 e. The number of rotatable bonds is 7. The zero-order valence-corrected chi connectivity index (χ0v) is 14.4. The van der Waals surface area contributed by atoms with Crippen LogP contribution in [0.2, 0.25) is 0 Å². The highest BCUT2D eigenvalue weighted by molar-refractivity contribution is 7.89. The Labute approximate surface area is 141 Å². The van der Waals surface area contributed by atoms with Crippen molar-refractivity contribution in [3.05, 3.63) is 59.7 Å². The maximum atomic E-state index is 12.2. The van der Waals surface area contributed by atoms with Crippen molar-refractivity contribution >= 4 is 15.9 Å². The molecular formula is C17H20N2O4S. The Morgan fingerprint density at radius 2 is 1.75 bits per heavy atom. The van der Waals surface area contributed by atoms with Crippen LogP contribution in [0.4, 0.5) is 0 Å². The van der Waals surface area contributed by atoms with Crippen molar-refractivity contribution in [3.8, 4) is 5.75 Å². The first kappa shape index (κ1) is 18.0. The molecule has 1 amide bonds. The Balaban J connectivity index is 2.05. The summed E-state index contributed by atoms with van der Waals surface area (Å²) in [6, 6.07) is 13.2. The highest BCUT2D eigenvalue weighted by Gasteiger charge is 2.13. The zero-order chi connectivity index (χ0) is 17.6. The first-order chi connectivity index (χ1) is 11.5. The van der Waals surface area contributed by atoms with Crippen molar-refractivity contribution in [1.29, 1.82) is 0 Å². The molecule has 128 valence electrons. The van der Waals surface area contributed by atoms with Gasteiger partial charge in [0, 0.05) is 24.2 Å². The minimum atomic E-state index is -3.52. The number of ether oxygens (including phenoxy) is 1. The van der Waals surface area contributed by atoms with E-state index in [0.717, 1.165) is 5.56 Å². The van der Waals surface area contributed by atoms with Gasteiger partial charge >= 0.3 is 0 Å². The lowest BCUT2D eigenvalue weighted by Gasteiger charge is -2.10. The van der Waals surface area contributed by atoms with Gasteiger partial charge in [0.1, 0.15) is 5.75 Å². The van der Waals surface area contributed by atoms with Gasteiger partial charge in [0.05, 0.1) is 12.0 Å². The van der Waals surface area contributed by atoms with Crippen molar-refractivity contribution in [2.24, 2.45) is 0 Å². The molecule has 0 aromatic heterocycles. The molecule has 24 heavy (non-hydrogen) atoms. The van der Waals surface area contributed by atoms with E-state index in [9.17, 15) is 13.2 Å². The lowest BCUT2D eigenvalue weighted by molar-refractivity contribution is 0.0950. The molecule has 0 unspecified atom stereocenters. The first-order valence-corrected chi connectivity index (χ1v) is 8.96. The van der Waals surface area contributed by atoms with Crippen LogP contribution in [0.3, 0.4) is 0 Å². The summed E-state index contributed by atoms with van der Waals surface area (Å²) in [5.41, 5.74) is 1.25. The summed E-state index contributed by atoms with van der Waals surface area (Å²) in [5.74, 6) is 0.415. The van der Waals surface area contributed by atoms with Crippen LogP contribution < -0.4 is 14.8 Å². The van der Waals surface area contributed by atoms with E-state index in [1.807, 2.05) is 24.3 Å². The van der Waals surface area contributed by atoms with Gasteiger partial charge in [-0.1, -0.05) is 25.1 Å². The molecule has 0 spiro atoms. The van der Waals surface area contributed by atoms with Gasteiger partial charge in [0.25, 0.3) is 5.91 Å². The SMILES string of the molecule is CCNS(=O)(=O)c1ccc(C(=O)NCc2ccccc2OC)cc1. The van der Waals surface area contributed by atoms with E-state index in [2.05, 4.69) is 10.0 Å². The Bertz CT molecular complexity index is 802. The second kappa shape index (κ2) is 7.94. The molecule has 0 atom stereocenters. The fraction of sp³-hybridized carbons (Fsp3) is 0.235. The monoisotopic (exact) mass is 348 g/mol. The summed E-state index contributed by atoms with van der Waals surface area (Å²) in [5, 5.41) is 2.79. The van der Waals surface area contributed by atoms with Crippen LogP contribution in [0.25, 0.3) is 0 Å². The van der Waals surface area contributed by atoms with E-state index >= 15 is 0 Å². The second-order valence-electron chi connectivity index (χ2n) is 5.02. The van der Waals surface area contributed by atoms with Crippen molar-refractivity contribution < 1.29 is 17.9 Å². The number of sulfonamides is 1. The van der Waals surface area contributed by atoms with Gasteiger partial charge in [-0.2, -0.15) is 0 Å².